The van der Waals surface area contributed by atoms with Gasteiger partial charge in [-0.3, -0.25) is 14.4 Å². The summed E-state index contributed by atoms with van der Waals surface area (Å²) >= 11 is 0. The molecule has 0 aliphatic carbocycles. The van der Waals surface area contributed by atoms with Crippen molar-refractivity contribution >= 4 is 17.8 Å². The lowest BCUT2D eigenvalue weighted by Crippen LogP contribution is -2.59. The Morgan fingerprint density at radius 1 is 1.35 bits per heavy atom. The van der Waals surface area contributed by atoms with Crippen LogP contribution in [0.2, 0.25) is 0 Å². The third-order valence-electron chi connectivity index (χ3n) is 7.63. The molecule has 7 atom stereocenters. The molecule has 3 aliphatic rings. The number of aliphatic hydroxyl groups excluding tert-OH is 1. The lowest BCUT2D eigenvalue weighted by Gasteiger charge is -2.40. The maximum Gasteiger partial charge on any atom is 0.312 e. The number of ether oxygens (including phenoxy) is 2. The Hall–Kier alpha value is -2.19. The van der Waals surface area contributed by atoms with Gasteiger partial charge in [-0.15, -0.1) is 13.2 Å². The number of hydrogen-bond donors (Lipinski definition) is 1. The van der Waals surface area contributed by atoms with E-state index in [1.54, 1.807) is 24.0 Å². The molecule has 0 aromatic heterocycles. The van der Waals surface area contributed by atoms with Crippen molar-refractivity contribution in [1.82, 2.24) is 9.80 Å². The molecule has 190 valence electrons. The minimum absolute atomic E-state index is 0.0449. The molecule has 2 amide bonds. The predicted octanol–water partition coefficient (Wildman–Crippen LogP) is 2.45. The molecule has 34 heavy (non-hydrogen) atoms. The van der Waals surface area contributed by atoms with Crippen molar-refractivity contribution in [1.29, 1.82) is 0 Å². The predicted molar refractivity (Wildman–Crippen MR) is 128 cm³/mol. The number of rotatable bonds is 13. The van der Waals surface area contributed by atoms with Gasteiger partial charge in [-0.1, -0.05) is 25.5 Å². The van der Waals surface area contributed by atoms with Gasteiger partial charge in [0.15, 0.2) is 0 Å². The summed E-state index contributed by atoms with van der Waals surface area (Å²) in [6, 6.07) is -1.52. The SMILES string of the molecule is C=CCCCOC(=O)[C@@H]1[C@@H]2CCC3(O2)C(C(=O)N(CC=C)C(C)CCC)N([C@H](C)CO)C(=O)[C@H]13. The largest absolute Gasteiger partial charge is 0.465 e. The van der Waals surface area contributed by atoms with E-state index in [4.69, 9.17) is 9.47 Å². The number of likely N-dealkylation sites (tertiary alicyclic amines) is 1. The van der Waals surface area contributed by atoms with Gasteiger partial charge in [-0.25, -0.2) is 0 Å². The van der Waals surface area contributed by atoms with E-state index in [1.165, 1.54) is 4.90 Å². The second-order valence-corrected chi connectivity index (χ2v) is 9.85. The van der Waals surface area contributed by atoms with Gasteiger partial charge < -0.3 is 24.4 Å². The van der Waals surface area contributed by atoms with Crippen LogP contribution in [-0.2, 0) is 23.9 Å². The van der Waals surface area contributed by atoms with Crippen LogP contribution in [0.5, 0.6) is 0 Å². The van der Waals surface area contributed by atoms with Gasteiger partial charge in [0.25, 0.3) is 0 Å². The molecule has 3 rings (SSSR count). The Balaban J connectivity index is 1.96. The Morgan fingerprint density at radius 3 is 2.71 bits per heavy atom. The highest BCUT2D eigenvalue weighted by atomic mass is 16.6. The first-order chi connectivity index (χ1) is 16.3. The molecular weight excluding hydrogens is 436 g/mol. The number of carbonyl (C=O) groups is 3. The number of hydrogen-bond acceptors (Lipinski definition) is 6. The molecule has 1 spiro atoms. The number of unbranched alkanes of at least 4 members (excludes halogenated alkanes) is 1. The fourth-order valence-corrected chi connectivity index (χ4v) is 6.05. The third kappa shape index (κ3) is 4.42. The molecule has 0 aromatic rings. The summed E-state index contributed by atoms with van der Waals surface area (Å²) in [6.45, 7) is 13.6. The Kier molecular flexibility index (Phi) is 8.57. The molecule has 0 aromatic carbocycles. The number of carbonyl (C=O) groups excluding carboxylic acids is 3. The molecule has 8 nitrogen and oxygen atoms in total. The zero-order valence-electron chi connectivity index (χ0n) is 20.8. The van der Waals surface area contributed by atoms with E-state index in [0.717, 1.165) is 19.3 Å². The maximum atomic E-state index is 14.1. The highest BCUT2D eigenvalue weighted by Crippen LogP contribution is 2.59. The Bertz CT molecular complexity index is 800. The summed E-state index contributed by atoms with van der Waals surface area (Å²) in [6.07, 6.45) is 7.24. The standard InChI is InChI=1S/C26H40N2O6/c1-6-9-10-15-33-25(32)20-19-12-13-26(34-19)21(20)23(30)28(18(5)16-29)22(26)24(31)27(14-8-3)17(4)11-7-2/h6,8,17-22,29H,1,3,7,9-16H2,2,4-5H3/t17?,18-,19+,20-,21+,22?,26?/m1/s1. The molecule has 3 saturated heterocycles. The number of esters is 1. The molecule has 0 radical (unpaired) electrons. The first-order valence-corrected chi connectivity index (χ1v) is 12.6. The van der Waals surface area contributed by atoms with Crippen LogP contribution in [0.4, 0.5) is 0 Å². The molecule has 3 aliphatic heterocycles. The van der Waals surface area contributed by atoms with Crippen molar-refractivity contribution in [3.05, 3.63) is 25.3 Å². The second-order valence-electron chi connectivity index (χ2n) is 9.85. The van der Waals surface area contributed by atoms with Crippen LogP contribution in [-0.4, -0.2) is 82.3 Å². The molecule has 3 heterocycles. The fraction of sp³-hybridized carbons (Fsp3) is 0.731. The minimum Gasteiger partial charge on any atom is -0.465 e. The van der Waals surface area contributed by atoms with E-state index in [1.807, 2.05) is 6.92 Å². The normalized spacial score (nSPS) is 31.2. The zero-order valence-corrected chi connectivity index (χ0v) is 20.8. The first kappa shape index (κ1) is 26.4. The minimum atomic E-state index is -1.08. The maximum absolute atomic E-state index is 14.1. The summed E-state index contributed by atoms with van der Waals surface area (Å²) in [7, 11) is 0. The van der Waals surface area contributed by atoms with E-state index in [2.05, 4.69) is 20.1 Å². The van der Waals surface area contributed by atoms with E-state index in [0.29, 0.717) is 25.8 Å². The molecule has 3 fully saturated rings. The smallest absolute Gasteiger partial charge is 0.312 e. The quantitative estimate of drug-likeness (QED) is 0.249. The number of allylic oxidation sites excluding steroid dienone is 1. The molecule has 8 heteroatoms. The van der Waals surface area contributed by atoms with Crippen molar-refractivity contribution in [3.8, 4) is 0 Å². The van der Waals surface area contributed by atoms with E-state index < -0.39 is 41.6 Å². The Labute approximate surface area is 202 Å². The van der Waals surface area contributed by atoms with E-state index in [9.17, 15) is 19.5 Å². The average Bonchev–Trinajstić information content (AvgIpc) is 3.46. The van der Waals surface area contributed by atoms with Gasteiger partial charge in [0.1, 0.15) is 11.6 Å². The van der Waals surface area contributed by atoms with Crippen LogP contribution < -0.4 is 0 Å². The molecular formula is C26H40N2O6. The number of aliphatic hydroxyl groups is 1. The highest BCUT2D eigenvalue weighted by Gasteiger charge is 2.75. The van der Waals surface area contributed by atoms with E-state index in [-0.39, 0.29) is 31.1 Å². The lowest BCUT2D eigenvalue weighted by atomic mass is 9.70. The fourth-order valence-electron chi connectivity index (χ4n) is 6.05. The van der Waals surface area contributed by atoms with Crippen molar-refractivity contribution in [2.45, 2.75) is 89.1 Å². The second kappa shape index (κ2) is 11.0. The van der Waals surface area contributed by atoms with Crippen LogP contribution in [0.15, 0.2) is 25.3 Å². The zero-order chi connectivity index (χ0) is 25.0. The molecule has 0 saturated carbocycles. The average molecular weight is 477 g/mol. The summed E-state index contributed by atoms with van der Waals surface area (Å²) in [5.41, 5.74) is -1.08. The van der Waals surface area contributed by atoms with Crippen molar-refractivity contribution in [2.24, 2.45) is 11.8 Å². The van der Waals surface area contributed by atoms with Gasteiger partial charge in [-0.05, 0) is 46.0 Å². The summed E-state index contributed by atoms with van der Waals surface area (Å²) in [4.78, 5) is 44.2. The summed E-state index contributed by atoms with van der Waals surface area (Å²) in [5.74, 6) is -2.49. The van der Waals surface area contributed by atoms with Crippen molar-refractivity contribution in [2.75, 3.05) is 19.8 Å². The van der Waals surface area contributed by atoms with E-state index >= 15 is 0 Å². The van der Waals surface area contributed by atoms with Gasteiger partial charge in [0.05, 0.1) is 37.2 Å². The van der Waals surface area contributed by atoms with Gasteiger partial charge in [0, 0.05) is 12.6 Å². The van der Waals surface area contributed by atoms with Gasteiger partial charge in [-0.2, -0.15) is 0 Å². The van der Waals surface area contributed by atoms with Crippen LogP contribution in [0.25, 0.3) is 0 Å². The monoisotopic (exact) mass is 476 g/mol. The molecule has 1 N–H and O–H groups in total. The Morgan fingerprint density at radius 2 is 2.09 bits per heavy atom. The van der Waals surface area contributed by atoms with Crippen molar-refractivity contribution < 1.29 is 29.0 Å². The number of fused-ring (bicyclic) bond motifs is 1. The molecule has 3 unspecified atom stereocenters. The van der Waals surface area contributed by atoms with Gasteiger partial charge in [0.2, 0.25) is 11.8 Å². The molecule has 2 bridgehead atoms. The first-order valence-electron chi connectivity index (χ1n) is 12.6. The van der Waals surface area contributed by atoms with Crippen LogP contribution in [0, 0.1) is 11.8 Å². The topological polar surface area (TPSA) is 96.4 Å². The number of amides is 2. The van der Waals surface area contributed by atoms with Crippen LogP contribution >= 0.6 is 0 Å². The van der Waals surface area contributed by atoms with Crippen LogP contribution in [0.3, 0.4) is 0 Å². The lowest BCUT2D eigenvalue weighted by molar-refractivity contribution is -0.156. The summed E-state index contributed by atoms with van der Waals surface area (Å²) < 4.78 is 11.9. The van der Waals surface area contributed by atoms with Crippen molar-refractivity contribution in [3.63, 3.8) is 0 Å². The summed E-state index contributed by atoms with van der Waals surface area (Å²) in [5, 5.41) is 9.94. The highest BCUT2D eigenvalue weighted by molar-refractivity contribution is 5.98. The number of nitrogens with zero attached hydrogens (tertiary/aromatic N) is 2. The van der Waals surface area contributed by atoms with Crippen LogP contribution in [0.1, 0.15) is 59.3 Å². The third-order valence-corrected chi connectivity index (χ3v) is 7.63. The van der Waals surface area contributed by atoms with Gasteiger partial charge >= 0.3 is 5.97 Å².